The second kappa shape index (κ2) is 51.6. The van der Waals surface area contributed by atoms with Crippen molar-refractivity contribution in [1.82, 2.24) is 61.5 Å². The Morgan fingerprint density at radius 3 is 0.924 bits per heavy atom. The number of amides is 4. The highest BCUT2D eigenvalue weighted by Gasteiger charge is 2.57. The van der Waals surface area contributed by atoms with Gasteiger partial charge in [0.15, 0.2) is 76.9 Å². The van der Waals surface area contributed by atoms with Crippen LogP contribution in [0.1, 0.15) is 104 Å². The third-order valence-corrected chi connectivity index (χ3v) is 44.0. The van der Waals surface area contributed by atoms with E-state index < -0.39 is 82.0 Å². The van der Waals surface area contributed by atoms with E-state index in [0.717, 1.165) is 109 Å². The molecule has 8 N–H and O–H groups in total. The third-order valence-electron chi connectivity index (χ3n) is 26.3. The van der Waals surface area contributed by atoms with Crippen molar-refractivity contribution in [3.63, 3.8) is 0 Å². The minimum absolute atomic E-state index is 0.0279. The molecule has 144 heavy (non-hydrogen) atoms. The fourth-order valence-corrected chi connectivity index (χ4v) is 32.2. The normalized spacial score (nSPS) is 16.7. The van der Waals surface area contributed by atoms with E-state index in [4.69, 9.17) is 28.1 Å². The topological polar surface area (TPSA) is 458 Å². The van der Waals surface area contributed by atoms with Gasteiger partial charge in [-0.2, -0.15) is 0 Å². The van der Waals surface area contributed by atoms with Gasteiger partial charge in [0.2, 0.25) is 0 Å². The minimum Gasteiger partial charge on any atom is -0.494 e. The molecule has 0 radical (unpaired) electrons. The smallest absolute Gasteiger partial charge is 0.265 e. The van der Waals surface area contributed by atoms with Crippen molar-refractivity contribution < 1.29 is 102 Å². The summed E-state index contributed by atoms with van der Waals surface area (Å²) in [5.74, 6) is 2.74. The van der Waals surface area contributed by atoms with E-state index in [1.807, 2.05) is 97.6 Å². The molecule has 4 aliphatic heterocycles. The van der Waals surface area contributed by atoms with Gasteiger partial charge in [0.1, 0.15) is 28.5 Å². The number of hydrogen-bond acceptors (Lipinski definition) is 37. The molecule has 12 aromatic rings. The second-order valence-electron chi connectivity index (χ2n) is 35.1. The molecule has 34 nitrogen and oxygen atoms in total. The quantitative estimate of drug-likeness (QED) is 0.00761. The lowest BCUT2D eigenvalue weighted by atomic mass is 9.94. The Labute approximate surface area is 867 Å². The fourth-order valence-electron chi connectivity index (χ4n) is 17.5. The molecule has 4 saturated heterocycles. The highest BCUT2D eigenvalue weighted by atomic mass is 32.2. The number of fused-ring (bicyclic) bond motifs is 4. The van der Waals surface area contributed by atoms with Crippen molar-refractivity contribution in [3.05, 3.63) is 194 Å². The summed E-state index contributed by atoms with van der Waals surface area (Å²) >= 11 is 11.6. The predicted molar refractivity (Wildman–Crippen MR) is 560 cm³/mol. The van der Waals surface area contributed by atoms with E-state index in [1.54, 1.807) is 147 Å². The largest absolute Gasteiger partial charge is 0.494 e. The lowest BCUT2D eigenvalue weighted by Crippen LogP contribution is -2.57. The molecule has 4 amide bonds. The second-order valence-corrected chi connectivity index (χ2v) is 52.3. The lowest BCUT2D eigenvalue weighted by Gasteiger charge is -2.39. The van der Waals surface area contributed by atoms with Gasteiger partial charge in [0.25, 0.3) is 28.9 Å². The van der Waals surface area contributed by atoms with Crippen molar-refractivity contribution in [2.24, 2.45) is 5.92 Å². The summed E-state index contributed by atoms with van der Waals surface area (Å²) in [5, 5.41) is 37.9. The Morgan fingerprint density at radius 2 is 0.646 bits per heavy atom. The molecule has 45 heteroatoms. The van der Waals surface area contributed by atoms with Gasteiger partial charge in [0.05, 0.1) is 83.3 Å². The fraction of sp³-hybridized carbons (Fsp3) is 0.434. The van der Waals surface area contributed by atoms with Crippen LogP contribution in [0.4, 0.5) is 0 Å². The summed E-state index contributed by atoms with van der Waals surface area (Å²) in [6.45, 7) is 13.3. The highest BCUT2D eigenvalue weighted by molar-refractivity contribution is 8.01. The monoisotopic (exact) mass is 2180 g/mol. The molecule has 1 aliphatic carbocycles. The number of likely N-dealkylation sites (tertiary alicyclic amines) is 4. The molecule has 5 fully saturated rings. The maximum Gasteiger partial charge on any atom is 0.265 e. The zero-order valence-electron chi connectivity index (χ0n) is 80.0. The van der Waals surface area contributed by atoms with Crippen LogP contribution in [0.5, 0.6) is 23.0 Å². The number of rotatable bonds is 43. The number of nitrogens with one attached hydrogen (secondary N) is 4. The average Bonchev–Trinajstić information content (AvgIpc) is 0.803. The van der Waals surface area contributed by atoms with Crippen molar-refractivity contribution in [3.8, 4) is 23.0 Å². The molecule has 0 atom stereocenters. The van der Waals surface area contributed by atoms with E-state index >= 15 is 0 Å². The summed E-state index contributed by atoms with van der Waals surface area (Å²) in [6.07, 6.45) is 6.56. The number of carbonyl (C=O) groups excluding carboxylic acids is 4. The van der Waals surface area contributed by atoms with Crippen molar-refractivity contribution >= 4 is 186 Å². The van der Waals surface area contributed by atoms with E-state index in [2.05, 4.69) is 52.8 Å². The van der Waals surface area contributed by atoms with Crippen molar-refractivity contribution in [1.29, 1.82) is 0 Å². The van der Waals surface area contributed by atoms with Gasteiger partial charge in [-0.3, -0.25) is 40.0 Å². The molecule has 8 aromatic carbocycles. The predicted octanol–water partition coefficient (Wildman–Crippen LogP) is 15.5. The zero-order chi connectivity index (χ0) is 102. The van der Waals surface area contributed by atoms with Crippen LogP contribution in [-0.4, -0.2) is 278 Å². The van der Waals surface area contributed by atoms with Gasteiger partial charge in [0, 0.05) is 95.6 Å². The number of carbonyl (C=O) groups is 4. The van der Waals surface area contributed by atoms with Gasteiger partial charge < -0.3 is 47.7 Å². The molecule has 1 saturated carbocycles. The summed E-state index contributed by atoms with van der Waals surface area (Å²) < 4.78 is 142. The van der Waals surface area contributed by atoms with Gasteiger partial charge in [-0.25, -0.2) is 75.5 Å². The summed E-state index contributed by atoms with van der Waals surface area (Å²) in [5.41, 5.74) is 11.0. The first-order valence-electron chi connectivity index (χ1n) is 47.6. The summed E-state index contributed by atoms with van der Waals surface area (Å²) in [4.78, 5) is 77.3. The minimum atomic E-state index is -4.06. The van der Waals surface area contributed by atoms with Crippen LogP contribution in [0.3, 0.4) is 0 Å². The average molecular weight is 2180 g/mol. The molecule has 0 bridgehead atoms. The number of oxazole rings is 1. The third kappa shape index (κ3) is 26.7. The van der Waals surface area contributed by atoms with Crippen LogP contribution in [-0.2, 0) is 63.3 Å². The number of methoxy groups -OCH3 is 1. The number of hydroxylamine groups is 4. The van der Waals surface area contributed by atoms with Crippen LogP contribution < -0.4 is 40.9 Å². The Bertz CT molecular complexity index is 6400. The lowest BCUT2D eigenvalue weighted by molar-refractivity contribution is -0.134. The van der Waals surface area contributed by atoms with Crippen molar-refractivity contribution in [2.45, 2.75) is 161 Å². The number of sulfone groups is 4. The number of hydrogen-bond donors (Lipinski definition) is 8. The number of thioether (sulfide) groups is 4. The van der Waals surface area contributed by atoms with E-state index in [9.17, 15) is 73.7 Å². The number of thiazole rings is 3. The molecule has 0 spiro atoms. The highest BCUT2D eigenvalue weighted by Crippen LogP contribution is 2.44. The Kier molecular flexibility index (Phi) is 39.6. The number of piperidine rings is 4. The summed E-state index contributed by atoms with van der Waals surface area (Å²) in [6, 6.07) is 56.4. The van der Waals surface area contributed by atoms with Gasteiger partial charge in [-0.05, 0) is 254 Å². The molecular weight excluding hydrogens is 2060 g/mol. The maximum absolute atomic E-state index is 13.6. The van der Waals surface area contributed by atoms with Crippen LogP contribution in [0.15, 0.2) is 236 Å². The van der Waals surface area contributed by atoms with Crippen LogP contribution >= 0.6 is 81.1 Å². The molecular formula is C99H120N12O22S11. The Morgan fingerprint density at radius 1 is 0.368 bits per heavy atom. The molecule has 774 valence electrons. The van der Waals surface area contributed by atoms with Crippen LogP contribution in [0.2, 0.25) is 0 Å². The summed E-state index contributed by atoms with van der Waals surface area (Å²) in [7, 11) is -14.5. The molecule has 8 heterocycles. The first-order valence-corrected chi connectivity index (χ1v) is 59.9. The van der Waals surface area contributed by atoms with E-state index in [1.165, 1.54) is 87.2 Å². The molecule has 5 aliphatic rings. The first-order chi connectivity index (χ1) is 69.6. The maximum atomic E-state index is 13.6. The van der Waals surface area contributed by atoms with Gasteiger partial charge in [-0.15, -0.1) is 34.0 Å². The Hall–Kier alpha value is -9.18. The number of para-hydroxylation sites is 5. The number of benzene rings is 8. The van der Waals surface area contributed by atoms with E-state index in [-0.39, 0.29) is 70.9 Å². The zero-order valence-corrected chi connectivity index (χ0v) is 89.0. The van der Waals surface area contributed by atoms with Crippen LogP contribution in [0.25, 0.3) is 41.7 Å². The van der Waals surface area contributed by atoms with Gasteiger partial charge in [-0.1, -0.05) is 109 Å². The SMILES string of the molecule is CCN1CCC(C(=O)NO)(S(=O)(=O)c2ccc(OCCCSc3nc4ccccc4o3)cc2)CC1.CCN1CCC(C(=O)NO)(S(=O)(=O)c2ccc(OCCCSc3nc4ccccc4s3)cc2)CC1.COCCN1CCC(C(=O)NO)(S(=O)(=O)c2ccc(OCCCSc3nc4ccccc4s3)cc2)CC1.O=C(NO)C1(S(=O)(=O)c2ccc(OCCCSc3nc4ccccc4s3)cc2)CCN(CC2CC2)CC1. The number of nitrogens with zero attached hydrogens (tertiary/aromatic N) is 8. The van der Waals surface area contributed by atoms with Crippen LogP contribution in [0, 0.1) is 5.92 Å². The number of aromatic nitrogens is 4. The molecule has 0 unspecified atom stereocenters. The standard InChI is InChI=1S/C26H31N3O5S3.C25H31N3O6S3.C24H29N3O6S2.C24H29N3O5S3/c30-24(28-31)26(12-14-29(15-13-26)18-19-6-7-19)37(32,33)21-10-8-20(9-11-21)34-16-3-17-35-25-27-22-4-1-2-5-23(22)36-25;1-33-17-15-28-13-11-25(12-14-28,23(29)27-30)37(31,32)20-9-7-19(8-10-20)34-16-4-18-35-24-26-21-5-2-3-6-22(21)36-24;1-2-27-14-12-24(13-15-27,22(28)26-29)35(30,31)19-10-8-18(9-11-19)32-16-5-17-34-23-25-20-6-3-4-7-21(20)33-23;1-2-27-14-12-24(13-15-27,22(28)26-29)35(30,31)19-10-8-18(9-11-19)32-16-5-17-33-23-25-20-6-3-4-7-21(20)34-23/h1-2,4-5,8-11,19,31H,3,6-7,12-18H2,(H,28,30);2-3,5-10,30H,4,11-18H2,1H3,(H,27,29);2*3-4,6-11,29H,2,5,12-17H2,1H3,(H,26,28). The first kappa shape index (κ1) is 110. The van der Waals surface area contributed by atoms with Gasteiger partial charge >= 0.3 is 0 Å². The van der Waals surface area contributed by atoms with E-state index in [0.29, 0.717) is 126 Å². The Balaban J connectivity index is 0.000000152. The molecule has 4 aromatic heterocycles. The molecule has 17 rings (SSSR count). The van der Waals surface area contributed by atoms with Crippen molar-refractivity contribution in [2.75, 3.05) is 142 Å². The number of ether oxygens (including phenoxy) is 5.